The lowest BCUT2D eigenvalue weighted by atomic mass is 10.0. The van der Waals surface area contributed by atoms with E-state index in [0.717, 1.165) is 37.6 Å². The summed E-state index contributed by atoms with van der Waals surface area (Å²) in [6, 6.07) is 2.03. The molecule has 1 amide bonds. The summed E-state index contributed by atoms with van der Waals surface area (Å²) < 4.78 is 2.06. The number of likely N-dealkylation sites (N-methyl/N-ethyl adjacent to an activating group) is 2. The highest BCUT2D eigenvalue weighted by molar-refractivity contribution is 8.26. The minimum absolute atomic E-state index is 0.109. The summed E-state index contributed by atoms with van der Waals surface area (Å²) in [5, 5.41) is 9.51. The number of aromatic nitrogens is 1. The van der Waals surface area contributed by atoms with Gasteiger partial charge in [-0.05, 0) is 32.5 Å². The van der Waals surface area contributed by atoms with Crippen LogP contribution in [0.15, 0.2) is 9.70 Å². The number of carbonyl (C=O) groups excluding carboxylic acids is 1. The maximum Gasteiger partial charge on any atom is 0.270 e. The summed E-state index contributed by atoms with van der Waals surface area (Å²) in [4.78, 5) is 31.9. The minimum atomic E-state index is -0.313. The molecule has 7 nitrogen and oxygen atoms in total. The molecule has 3 heterocycles. The van der Waals surface area contributed by atoms with Crippen LogP contribution >= 0.6 is 24.0 Å². The Balaban J connectivity index is 2.19. The Morgan fingerprint density at radius 1 is 1.21 bits per heavy atom. The van der Waals surface area contributed by atoms with Gasteiger partial charge in [-0.3, -0.25) is 19.1 Å². The smallest absolute Gasteiger partial charge is 0.270 e. The van der Waals surface area contributed by atoms with Crippen LogP contribution in [0.4, 0.5) is 5.82 Å². The third kappa shape index (κ3) is 3.48. The largest absolute Gasteiger partial charge is 0.355 e. The Labute approximate surface area is 174 Å². The third-order valence-corrected chi connectivity index (χ3v) is 6.61. The molecular formula is C19H23N5O2S2. The van der Waals surface area contributed by atoms with Gasteiger partial charge in [-0.25, -0.2) is 0 Å². The molecule has 0 bridgehead atoms. The summed E-state index contributed by atoms with van der Waals surface area (Å²) in [6.07, 6.45) is 1.79. The molecule has 2 aliphatic rings. The van der Waals surface area contributed by atoms with Gasteiger partial charge in [-0.1, -0.05) is 24.0 Å². The zero-order valence-electron chi connectivity index (χ0n) is 16.5. The van der Waals surface area contributed by atoms with E-state index < -0.39 is 0 Å². The first-order chi connectivity index (χ1) is 13.3. The number of nitrogens with zero attached hydrogens (tertiary/aromatic N) is 5. The van der Waals surface area contributed by atoms with Gasteiger partial charge in [0.25, 0.3) is 11.5 Å². The number of anilines is 1. The molecule has 28 heavy (non-hydrogen) atoms. The first-order valence-corrected chi connectivity index (χ1v) is 10.3. The van der Waals surface area contributed by atoms with E-state index in [1.54, 1.807) is 24.9 Å². The van der Waals surface area contributed by atoms with E-state index in [0.29, 0.717) is 21.3 Å². The van der Waals surface area contributed by atoms with Gasteiger partial charge >= 0.3 is 0 Å². The number of thioether (sulfide) groups is 1. The van der Waals surface area contributed by atoms with E-state index >= 15 is 0 Å². The number of pyridine rings is 1. The fraction of sp³-hybridized carbons (Fsp3) is 0.474. The van der Waals surface area contributed by atoms with Crippen molar-refractivity contribution in [2.45, 2.75) is 13.8 Å². The van der Waals surface area contributed by atoms with Gasteiger partial charge in [0.2, 0.25) is 0 Å². The van der Waals surface area contributed by atoms with Gasteiger partial charge in [0.15, 0.2) is 0 Å². The number of carbonyl (C=O) groups is 1. The zero-order chi connectivity index (χ0) is 20.6. The Morgan fingerprint density at radius 2 is 1.86 bits per heavy atom. The van der Waals surface area contributed by atoms with Crippen LogP contribution in [-0.4, -0.2) is 64.4 Å². The van der Waals surface area contributed by atoms with E-state index in [1.807, 2.05) is 13.0 Å². The van der Waals surface area contributed by atoms with Gasteiger partial charge in [0.05, 0.1) is 4.91 Å². The van der Waals surface area contributed by atoms with E-state index in [-0.39, 0.29) is 17.0 Å². The van der Waals surface area contributed by atoms with Crippen molar-refractivity contribution in [3.8, 4) is 6.07 Å². The molecule has 2 saturated heterocycles. The van der Waals surface area contributed by atoms with E-state index in [4.69, 9.17) is 12.2 Å². The number of piperazine rings is 1. The van der Waals surface area contributed by atoms with Crippen LogP contribution in [0.5, 0.6) is 0 Å². The second-order valence-corrected chi connectivity index (χ2v) is 8.61. The summed E-state index contributed by atoms with van der Waals surface area (Å²) in [5.41, 5.74) is 1.13. The molecule has 0 saturated carbocycles. The molecule has 9 heteroatoms. The molecule has 3 rings (SSSR count). The SMILES string of the molecule is CCN1C(=O)/C(=C/c2c(C)c(C#N)c(=O)n(C)c2N2CCN(C)CC2)SC1=S. The molecule has 0 aliphatic carbocycles. The maximum atomic E-state index is 12.7. The molecule has 0 unspecified atom stereocenters. The average molecular weight is 418 g/mol. The highest BCUT2D eigenvalue weighted by Gasteiger charge is 2.32. The van der Waals surface area contributed by atoms with Crippen LogP contribution in [0.1, 0.15) is 23.6 Å². The van der Waals surface area contributed by atoms with Gasteiger partial charge in [-0.2, -0.15) is 5.26 Å². The summed E-state index contributed by atoms with van der Waals surface area (Å²) in [5.74, 6) is 0.616. The number of thiocarbonyl (C=S) groups is 1. The van der Waals surface area contributed by atoms with Crippen molar-refractivity contribution in [3.63, 3.8) is 0 Å². The summed E-state index contributed by atoms with van der Waals surface area (Å²) in [7, 11) is 3.75. The molecular weight excluding hydrogens is 394 g/mol. The van der Waals surface area contributed by atoms with Crippen molar-refractivity contribution in [1.82, 2.24) is 14.4 Å². The second kappa shape index (κ2) is 8.07. The van der Waals surface area contributed by atoms with Crippen molar-refractivity contribution >= 4 is 46.1 Å². The normalized spacial score (nSPS) is 19.6. The maximum absolute atomic E-state index is 12.7. The number of amides is 1. The highest BCUT2D eigenvalue weighted by atomic mass is 32.2. The molecule has 0 aromatic carbocycles. The highest BCUT2D eigenvalue weighted by Crippen LogP contribution is 2.35. The van der Waals surface area contributed by atoms with Crippen LogP contribution in [-0.2, 0) is 11.8 Å². The van der Waals surface area contributed by atoms with Crippen molar-refractivity contribution in [2.75, 3.05) is 44.7 Å². The Morgan fingerprint density at radius 3 is 2.39 bits per heavy atom. The van der Waals surface area contributed by atoms with Gasteiger partial charge < -0.3 is 9.80 Å². The predicted octanol–water partition coefficient (Wildman–Crippen LogP) is 1.54. The fourth-order valence-electron chi connectivity index (χ4n) is 3.52. The monoisotopic (exact) mass is 417 g/mol. The molecule has 148 valence electrons. The molecule has 1 aromatic heterocycles. The molecule has 0 N–H and O–H groups in total. The lowest BCUT2D eigenvalue weighted by Crippen LogP contribution is -2.46. The Hall–Kier alpha value is -2.15. The van der Waals surface area contributed by atoms with Gasteiger partial charge in [0.1, 0.15) is 21.8 Å². The number of nitriles is 1. The van der Waals surface area contributed by atoms with E-state index in [2.05, 4.69) is 16.8 Å². The van der Waals surface area contributed by atoms with E-state index in [9.17, 15) is 14.9 Å². The number of hydrogen-bond donors (Lipinski definition) is 0. The summed E-state index contributed by atoms with van der Waals surface area (Å²) >= 11 is 6.57. The molecule has 2 fully saturated rings. The summed E-state index contributed by atoms with van der Waals surface area (Å²) in [6.45, 7) is 7.47. The van der Waals surface area contributed by atoms with Crippen molar-refractivity contribution in [2.24, 2.45) is 7.05 Å². The number of rotatable bonds is 3. The van der Waals surface area contributed by atoms with Crippen LogP contribution in [0, 0.1) is 18.3 Å². The first-order valence-electron chi connectivity index (χ1n) is 9.12. The Kier molecular flexibility index (Phi) is 5.93. The van der Waals surface area contributed by atoms with Gasteiger partial charge in [0, 0.05) is 45.3 Å². The number of hydrogen-bond acceptors (Lipinski definition) is 7. The topological polar surface area (TPSA) is 72.6 Å². The van der Waals surface area contributed by atoms with Crippen LogP contribution in [0.3, 0.4) is 0 Å². The molecule has 1 aromatic rings. The van der Waals surface area contributed by atoms with Crippen LogP contribution < -0.4 is 10.5 Å². The van der Waals surface area contributed by atoms with E-state index in [1.165, 1.54) is 16.3 Å². The van der Waals surface area contributed by atoms with Crippen LogP contribution in [0.25, 0.3) is 6.08 Å². The van der Waals surface area contributed by atoms with Crippen LogP contribution in [0.2, 0.25) is 0 Å². The lowest BCUT2D eigenvalue weighted by Gasteiger charge is -2.36. The Bertz CT molecular complexity index is 968. The zero-order valence-corrected chi connectivity index (χ0v) is 18.1. The lowest BCUT2D eigenvalue weighted by molar-refractivity contribution is -0.121. The first kappa shape index (κ1) is 20.6. The molecule has 2 aliphatic heterocycles. The van der Waals surface area contributed by atoms with Crippen molar-refractivity contribution < 1.29 is 4.79 Å². The third-order valence-electron chi connectivity index (χ3n) is 5.24. The minimum Gasteiger partial charge on any atom is -0.355 e. The standard InChI is InChI=1S/C19H23N5O2S2/c1-5-24-18(26)15(28-19(24)27)10-13-12(2)14(11-20)17(25)22(4)16(13)23-8-6-21(3)7-9-23/h10H,5-9H2,1-4H3/b15-10-. The predicted molar refractivity (Wildman–Crippen MR) is 116 cm³/mol. The molecule has 0 spiro atoms. The second-order valence-electron chi connectivity index (χ2n) is 6.93. The molecule has 0 atom stereocenters. The average Bonchev–Trinajstić information content (AvgIpc) is 2.94. The van der Waals surface area contributed by atoms with Crippen molar-refractivity contribution in [3.05, 3.63) is 31.9 Å². The fourth-order valence-corrected chi connectivity index (χ4v) is 4.88. The van der Waals surface area contributed by atoms with Crippen molar-refractivity contribution in [1.29, 1.82) is 5.26 Å². The molecule has 0 radical (unpaired) electrons. The van der Waals surface area contributed by atoms with Gasteiger partial charge in [-0.15, -0.1) is 0 Å². The quantitative estimate of drug-likeness (QED) is 0.546.